The molecule has 0 aliphatic heterocycles. The molecule has 0 bridgehead atoms. The number of benzene rings is 1. The van der Waals surface area contributed by atoms with Gasteiger partial charge in [0.25, 0.3) is 0 Å². The van der Waals surface area contributed by atoms with Gasteiger partial charge >= 0.3 is 0 Å². The number of hydrogen-bond donors (Lipinski definition) is 1. The topological polar surface area (TPSA) is 29.3 Å². The number of nitrogens with zero attached hydrogens (tertiary/aromatic N) is 1. The maximum Gasteiger partial charge on any atom is 0.148 e. The molecule has 1 heterocycles. The van der Waals surface area contributed by atoms with Crippen LogP contribution >= 0.6 is 11.3 Å². The van der Waals surface area contributed by atoms with Gasteiger partial charge in [-0.1, -0.05) is 6.07 Å². The minimum Gasteiger partial charge on any atom is -0.396 e. The minimum atomic E-state index is -0.365. The molecule has 2 nitrogen and oxygen atoms in total. The van der Waals surface area contributed by atoms with Gasteiger partial charge in [-0.2, -0.15) is 0 Å². The molecule has 16 heavy (non-hydrogen) atoms. The van der Waals surface area contributed by atoms with Gasteiger partial charge in [-0.3, -0.25) is 0 Å². The summed E-state index contributed by atoms with van der Waals surface area (Å²) in [5.74, 6) is -0.365. The van der Waals surface area contributed by atoms with E-state index in [1.165, 1.54) is 10.9 Å². The third-order valence-corrected chi connectivity index (χ3v) is 3.26. The Morgan fingerprint density at radius 3 is 2.81 bits per heavy atom. The quantitative estimate of drug-likeness (QED) is 0.830. The van der Waals surface area contributed by atoms with Crippen LogP contribution in [0, 0.1) is 5.82 Å². The van der Waals surface area contributed by atoms with E-state index in [1.807, 2.05) is 29.5 Å². The summed E-state index contributed by atoms with van der Waals surface area (Å²) in [5, 5.41) is 2.03. The Labute approximate surface area is 98.1 Å². The molecule has 0 saturated carbocycles. The molecule has 0 saturated heterocycles. The molecule has 0 radical (unpaired) electrons. The lowest BCUT2D eigenvalue weighted by molar-refractivity contribution is 0.632. The number of nitrogens with two attached hydrogens (primary N) is 1. The molecule has 0 unspecified atom stereocenters. The van der Waals surface area contributed by atoms with Crippen molar-refractivity contribution in [3.8, 4) is 0 Å². The SMILES string of the molecule is CN(Cc1cccs1)c1ccc(N)c(F)c1. The molecule has 2 rings (SSSR count). The zero-order valence-electron chi connectivity index (χ0n) is 8.98. The van der Waals surface area contributed by atoms with Crippen LogP contribution in [-0.2, 0) is 6.54 Å². The van der Waals surface area contributed by atoms with Crippen molar-refractivity contribution in [1.29, 1.82) is 0 Å². The smallest absolute Gasteiger partial charge is 0.148 e. The first-order valence-electron chi connectivity index (χ1n) is 4.95. The summed E-state index contributed by atoms with van der Waals surface area (Å²) in [4.78, 5) is 3.24. The minimum absolute atomic E-state index is 0.188. The second kappa shape index (κ2) is 4.53. The van der Waals surface area contributed by atoms with Crippen molar-refractivity contribution >= 4 is 22.7 Å². The number of nitrogen functional groups attached to an aromatic ring is 1. The van der Waals surface area contributed by atoms with Crippen molar-refractivity contribution in [2.24, 2.45) is 0 Å². The molecular weight excluding hydrogens is 223 g/mol. The van der Waals surface area contributed by atoms with Crippen molar-refractivity contribution in [1.82, 2.24) is 0 Å². The van der Waals surface area contributed by atoms with Gasteiger partial charge in [0.2, 0.25) is 0 Å². The van der Waals surface area contributed by atoms with E-state index >= 15 is 0 Å². The van der Waals surface area contributed by atoms with Crippen molar-refractivity contribution in [2.75, 3.05) is 17.7 Å². The monoisotopic (exact) mass is 236 g/mol. The van der Waals surface area contributed by atoms with Crippen LogP contribution in [0.3, 0.4) is 0 Å². The van der Waals surface area contributed by atoms with Crippen LogP contribution in [0.1, 0.15) is 4.88 Å². The highest BCUT2D eigenvalue weighted by atomic mass is 32.1. The summed E-state index contributed by atoms with van der Waals surface area (Å²) >= 11 is 1.69. The Kier molecular flexibility index (Phi) is 3.10. The molecular formula is C12H13FN2S. The first-order chi connectivity index (χ1) is 7.66. The highest BCUT2D eigenvalue weighted by molar-refractivity contribution is 7.09. The van der Waals surface area contributed by atoms with E-state index < -0.39 is 0 Å². The Morgan fingerprint density at radius 2 is 2.19 bits per heavy atom. The maximum atomic E-state index is 13.3. The Hall–Kier alpha value is -1.55. The van der Waals surface area contributed by atoms with Crippen LogP contribution in [0.5, 0.6) is 0 Å². The lowest BCUT2D eigenvalue weighted by Gasteiger charge is -2.18. The van der Waals surface area contributed by atoms with Crippen LogP contribution < -0.4 is 10.6 Å². The highest BCUT2D eigenvalue weighted by Crippen LogP contribution is 2.21. The molecule has 0 atom stereocenters. The van der Waals surface area contributed by atoms with Crippen LogP contribution in [0.2, 0.25) is 0 Å². The molecule has 0 aliphatic carbocycles. The molecule has 0 spiro atoms. The zero-order chi connectivity index (χ0) is 11.5. The maximum absolute atomic E-state index is 13.3. The van der Waals surface area contributed by atoms with Crippen LogP contribution in [-0.4, -0.2) is 7.05 Å². The average Bonchev–Trinajstić information content (AvgIpc) is 2.74. The first-order valence-corrected chi connectivity index (χ1v) is 5.83. The van der Waals surface area contributed by atoms with Crippen molar-refractivity contribution in [3.63, 3.8) is 0 Å². The van der Waals surface area contributed by atoms with Gasteiger partial charge in [0.05, 0.1) is 12.2 Å². The summed E-state index contributed by atoms with van der Waals surface area (Å²) in [6.45, 7) is 0.779. The van der Waals surface area contributed by atoms with Crippen molar-refractivity contribution < 1.29 is 4.39 Å². The normalized spacial score (nSPS) is 10.4. The van der Waals surface area contributed by atoms with Gasteiger partial charge < -0.3 is 10.6 Å². The zero-order valence-corrected chi connectivity index (χ0v) is 9.80. The van der Waals surface area contributed by atoms with Crippen LogP contribution in [0.4, 0.5) is 15.8 Å². The third kappa shape index (κ3) is 2.33. The standard InChI is InChI=1S/C12H13FN2S/c1-15(8-10-3-2-6-16-10)9-4-5-12(14)11(13)7-9/h2-7H,8,14H2,1H3. The van der Waals surface area contributed by atoms with Gasteiger partial charge in [-0.05, 0) is 29.6 Å². The largest absolute Gasteiger partial charge is 0.396 e. The van der Waals surface area contributed by atoms with Gasteiger partial charge in [-0.15, -0.1) is 11.3 Å². The lowest BCUT2D eigenvalue weighted by Crippen LogP contribution is -2.15. The Morgan fingerprint density at radius 1 is 1.38 bits per heavy atom. The fraction of sp³-hybridized carbons (Fsp3) is 0.167. The fourth-order valence-electron chi connectivity index (χ4n) is 1.48. The number of thiophene rings is 1. The predicted molar refractivity (Wildman–Crippen MR) is 67.2 cm³/mol. The number of anilines is 2. The molecule has 2 N–H and O–H groups in total. The fourth-order valence-corrected chi connectivity index (χ4v) is 2.24. The van der Waals surface area contributed by atoms with Gasteiger partial charge in [0, 0.05) is 17.6 Å². The summed E-state index contributed by atoms with van der Waals surface area (Å²) < 4.78 is 13.3. The second-order valence-electron chi connectivity index (χ2n) is 3.64. The van der Waals surface area contributed by atoms with Crippen molar-refractivity contribution in [3.05, 3.63) is 46.4 Å². The molecule has 4 heteroatoms. The predicted octanol–water partition coefficient (Wildman–Crippen LogP) is 3.11. The molecule has 1 aromatic heterocycles. The summed E-state index contributed by atoms with van der Waals surface area (Å²) in [5.41, 5.74) is 6.46. The van der Waals surface area contributed by atoms with Crippen LogP contribution in [0.25, 0.3) is 0 Å². The lowest BCUT2D eigenvalue weighted by atomic mass is 10.2. The summed E-state index contributed by atoms with van der Waals surface area (Å²) in [6, 6.07) is 8.96. The second-order valence-corrected chi connectivity index (χ2v) is 4.67. The molecule has 84 valence electrons. The third-order valence-electron chi connectivity index (χ3n) is 2.40. The first kappa shape index (κ1) is 11.0. The Bertz CT molecular complexity index is 468. The number of hydrogen-bond acceptors (Lipinski definition) is 3. The summed E-state index contributed by atoms with van der Waals surface area (Å²) in [6.07, 6.45) is 0. The van der Waals surface area contributed by atoms with E-state index in [-0.39, 0.29) is 11.5 Å². The molecule has 0 amide bonds. The molecule has 1 aromatic carbocycles. The van der Waals surface area contributed by atoms with E-state index in [0.29, 0.717) is 0 Å². The van der Waals surface area contributed by atoms with Gasteiger partial charge in [-0.25, -0.2) is 4.39 Å². The molecule has 2 aromatic rings. The molecule has 0 aliphatic rings. The number of rotatable bonds is 3. The highest BCUT2D eigenvalue weighted by Gasteiger charge is 2.05. The van der Waals surface area contributed by atoms with Crippen molar-refractivity contribution in [2.45, 2.75) is 6.54 Å². The molecule has 0 fully saturated rings. The van der Waals surface area contributed by atoms with Crippen LogP contribution in [0.15, 0.2) is 35.7 Å². The van der Waals surface area contributed by atoms with E-state index in [2.05, 4.69) is 6.07 Å². The number of halogens is 1. The van der Waals surface area contributed by atoms with Gasteiger partial charge in [0.15, 0.2) is 0 Å². The average molecular weight is 236 g/mol. The van der Waals surface area contributed by atoms with Gasteiger partial charge in [0.1, 0.15) is 5.82 Å². The Balaban J connectivity index is 2.14. The van der Waals surface area contributed by atoms with E-state index in [0.717, 1.165) is 12.2 Å². The van der Waals surface area contributed by atoms with E-state index in [9.17, 15) is 4.39 Å². The van der Waals surface area contributed by atoms with E-state index in [1.54, 1.807) is 17.4 Å². The van der Waals surface area contributed by atoms with E-state index in [4.69, 9.17) is 5.73 Å². The summed E-state index contributed by atoms with van der Waals surface area (Å²) in [7, 11) is 1.94.